The number of aliphatic hydroxyl groups excluding tert-OH is 1. The third-order valence-electron chi connectivity index (χ3n) is 7.55. The summed E-state index contributed by atoms with van der Waals surface area (Å²) in [6.45, 7) is 7.63. The molecule has 2 amide bonds. The van der Waals surface area contributed by atoms with Gasteiger partial charge >= 0.3 is 6.09 Å². The number of hydrogen-bond acceptors (Lipinski definition) is 8. The average Bonchev–Trinajstić information content (AvgIpc) is 3.42. The standard InChI is InChI=1S/C33H42N4O7S/c1-22(2)19-36(45(41,42)27-13-9-12-26(18-27)43-5)20-29(38)28(16-24-10-7-6-8-11-24)35-32(39)30-21-37(33(40)44-30)31-17-25(23(3)4)14-15-34-31/h6-15,17-18,22-23,28-30,38H,16,19-21H2,1-5H3,(H,35,39). The minimum Gasteiger partial charge on any atom is -0.497 e. The Hall–Kier alpha value is -4.00. The largest absolute Gasteiger partial charge is 0.497 e. The van der Waals surface area contributed by atoms with Crippen LogP contribution in [0.15, 0.2) is 77.8 Å². The maximum atomic E-state index is 13.8. The first-order valence-corrected chi connectivity index (χ1v) is 16.4. The Morgan fingerprint density at radius 2 is 1.82 bits per heavy atom. The molecule has 3 unspecified atom stereocenters. The highest BCUT2D eigenvalue weighted by Crippen LogP contribution is 2.25. The van der Waals surface area contributed by atoms with E-state index in [9.17, 15) is 23.1 Å². The van der Waals surface area contributed by atoms with Gasteiger partial charge in [0.25, 0.3) is 5.91 Å². The maximum absolute atomic E-state index is 13.8. The summed E-state index contributed by atoms with van der Waals surface area (Å²) in [7, 11) is -2.57. The van der Waals surface area contributed by atoms with E-state index >= 15 is 0 Å². The Labute approximate surface area is 265 Å². The molecule has 0 aliphatic carbocycles. The van der Waals surface area contributed by atoms with Crippen molar-refractivity contribution in [2.45, 2.75) is 63.2 Å². The number of methoxy groups -OCH3 is 1. The van der Waals surface area contributed by atoms with Crippen molar-refractivity contribution in [3.63, 3.8) is 0 Å². The van der Waals surface area contributed by atoms with Gasteiger partial charge in [0, 0.05) is 25.4 Å². The molecule has 2 aromatic carbocycles. The van der Waals surface area contributed by atoms with E-state index < -0.39 is 40.3 Å². The number of aromatic nitrogens is 1. The molecule has 242 valence electrons. The predicted octanol–water partition coefficient (Wildman–Crippen LogP) is 3.97. The molecule has 4 rings (SSSR count). The van der Waals surface area contributed by atoms with Crippen LogP contribution in [0.3, 0.4) is 0 Å². The number of rotatable bonds is 14. The third-order valence-corrected chi connectivity index (χ3v) is 9.37. The highest BCUT2D eigenvalue weighted by atomic mass is 32.2. The zero-order valence-electron chi connectivity index (χ0n) is 26.3. The van der Waals surface area contributed by atoms with E-state index in [2.05, 4.69) is 10.3 Å². The van der Waals surface area contributed by atoms with Crippen molar-refractivity contribution in [3.05, 3.63) is 84.1 Å². The monoisotopic (exact) mass is 638 g/mol. The van der Waals surface area contributed by atoms with Gasteiger partial charge in [-0.15, -0.1) is 0 Å². The molecule has 3 atom stereocenters. The molecule has 0 bridgehead atoms. The lowest BCUT2D eigenvalue weighted by atomic mass is 10.0. The number of benzene rings is 2. The van der Waals surface area contributed by atoms with Gasteiger partial charge in [0.15, 0.2) is 6.10 Å². The maximum Gasteiger partial charge on any atom is 0.416 e. The van der Waals surface area contributed by atoms with Gasteiger partial charge < -0.3 is 19.9 Å². The van der Waals surface area contributed by atoms with Crippen molar-refractivity contribution in [2.75, 3.05) is 31.6 Å². The molecule has 2 heterocycles. The molecule has 0 radical (unpaired) electrons. The highest BCUT2D eigenvalue weighted by molar-refractivity contribution is 7.89. The van der Waals surface area contributed by atoms with E-state index in [0.29, 0.717) is 11.6 Å². The lowest BCUT2D eigenvalue weighted by molar-refractivity contribution is -0.129. The number of cyclic esters (lactones) is 1. The van der Waals surface area contributed by atoms with Crippen LogP contribution in [0, 0.1) is 5.92 Å². The minimum atomic E-state index is -4.03. The minimum absolute atomic E-state index is 0.0338. The number of sulfonamides is 1. The van der Waals surface area contributed by atoms with Crippen molar-refractivity contribution >= 4 is 27.8 Å². The smallest absolute Gasteiger partial charge is 0.416 e. The second-order valence-electron chi connectivity index (χ2n) is 11.9. The van der Waals surface area contributed by atoms with E-state index in [1.54, 1.807) is 24.4 Å². The van der Waals surface area contributed by atoms with Crippen LogP contribution in [0.25, 0.3) is 0 Å². The Morgan fingerprint density at radius 3 is 2.49 bits per heavy atom. The topological polar surface area (TPSA) is 138 Å². The number of pyridine rings is 1. The van der Waals surface area contributed by atoms with Crippen LogP contribution >= 0.6 is 0 Å². The number of nitrogens with one attached hydrogen (secondary N) is 1. The van der Waals surface area contributed by atoms with Crippen LogP contribution in [-0.4, -0.2) is 79.8 Å². The van der Waals surface area contributed by atoms with Crippen LogP contribution in [0.4, 0.5) is 10.6 Å². The van der Waals surface area contributed by atoms with Crippen LogP contribution in [-0.2, 0) is 26.0 Å². The fourth-order valence-corrected chi connectivity index (χ4v) is 6.74. The zero-order chi connectivity index (χ0) is 32.7. The molecule has 0 saturated carbocycles. The number of anilines is 1. The normalized spacial score (nSPS) is 16.6. The second-order valence-corrected chi connectivity index (χ2v) is 13.8. The first-order valence-electron chi connectivity index (χ1n) is 15.0. The summed E-state index contributed by atoms with van der Waals surface area (Å²) in [5, 5.41) is 14.4. The molecule has 1 fully saturated rings. The van der Waals surface area contributed by atoms with Gasteiger partial charge in [-0.25, -0.2) is 18.2 Å². The molecule has 1 aliphatic heterocycles. The highest BCUT2D eigenvalue weighted by Gasteiger charge is 2.40. The molecule has 11 nitrogen and oxygen atoms in total. The van der Waals surface area contributed by atoms with Crippen LogP contribution in [0.1, 0.15) is 44.7 Å². The van der Waals surface area contributed by atoms with Crippen molar-refractivity contribution in [1.29, 1.82) is 0 Å². The molecule has 1 saturated heterocycles. The van der Waals surface area contributed by atoms with Crippen LogP contribution in [0.2, 0.25) is 0 Å². The molecule has 1 aliphatic rings. The van der Waals surface area contributed by atoms with E-state index in [-0.39, 0.29) is 42.8 Å². The van der Waals surface area contributed by atoms with E-state index in [1.807, 2.05) is 64.1 Å². The summed E-state index contributed by atoms with van der Waals surface area (Å²) in [5.41, 5.74) is 1.81. The van der Waals surface area contributed by atoms with Gasteiger partial charge in [0.1, 0.15) is 11.6 Å². The lowest BCUT2D eigenvalue weighted by Crippen LogP contribution is -2.53. The van der Waals surface area contributed by atoms with Gasteiger partial charge in [-0.3, -0.25) is 9.69 Å². The molecule has 0 spiro atoms. The van der Waals surface area contributed by atoms with E-state index in [0.717, 1.165) is 11.1 Å². The third kappa shape index (κ3) is 8.59. The summed E-state index contributed by atoms with van der Waals surface area (Å²) in [4.78, 5) is 31.9. The average molecular weight is 639 g/mol. The Kier molecular flexibility index (Phi) is 11.2. The summed E-state index contributed by atoms with van der Waals surface area (Å²) in [6, 6.07) is 18.2. The fraction of sp³-hybridized carbons (Fsp3) is 0.424. The molecular formula is C33H42N4O7S. The molecule has 45 heavy (non-hydrogen) atoms. The Balaban J connectivity index is 1.56. The van der Waals surface area contributed by atoms with Gasteiger partial charge in [-0.1, -0.05) is 64.1 Å². The van der Waals surface area contributed by atoms with Gasteiger partial charge in [0.2, 0.25) is 10.0 Å². The van der Waals surface area contributed by atoms with E-state index in [1.165, 1.54) is 28.4 Å². The van der Waals surface area contributed by atoms with Gasteiger partial charge in [0.05, 0.1) is 30.7 Å². The number of ether oxygens (including phenoxy) is 2. The molecule has 2 N–H and O–H groups in total. The second kappa shape index (κ2) is 14.9. The van der Waals surface area contributed by atoms with Crippen LogP contribution < -0.4 is 15.0 Å². The number of carbonyl (C=O) groups excluding carboxylic acids is 2. The molecule has 12 heteroatoms. The Morgan fingerprint density at radius 1 is 1.09 bits per heavy atom. The summed E-state index contributed by atoms with van der Waals surface area (Å²) in [6.07, 6.45) is -1.33. The van der Waals surface area contributed by atoms with Crippen molar-refractivity contribution < 1.29 is 32.6 Å². The zero-order valence-corrected chi connectivity index (χ0v) is 27.1. The summed E-state index contributed by atoms with van der Waals surface area (Å²) >= 11 is 0. The fourth-order valence-electron chi connectivity index (χ4n) is 5.08. The summed E-state index contributed by atoms with van der Waals surface area (Å²) < 4.78 is 39.4. The SMILES string of the molecule is COc1cccc(S(=O)(=O)N(CC(C)C)CC(O)C(Cc2ccccc2)NC(=O)C2CN(c3cc(C(C)C)ccn3)C(=O)O2)c1. The van der Waals surface area contributed by atoms with E-state index in [4.69, 9.17) is 9.47 Å². The van der Waals surface area contributed by atoms with Gasteiger partial charge in [-0.2, -0.15) is 4.31 Å². The number of hydrogen-bond donors (Lipinski definition) is 2. The van der Waals surface area contributed by atoms with Crippen molar-refractivity contribution in [1.82, 2.24) is 14.6 Å². The first kappa shape index (κ1) is 33.9. The van der Waals surface area contributed by atoms with Crippen molar-refractivity contribution in [3.8, 4) is 5.75 Å². The Bertz CT molecular complexity index is 1570. The number of aliphatic hydroxyl groups is 1. The summed E-state index contributed by atoms with van der Waals surface area (Å²) in [5.74, 6) is 0.340. The number of nitrogens with zero attached hydrogens (tertiary/aromatic N) is 3. The molecule has 3 aromatic rings. The number of amides is 2. The quantitative estimate of drug-likeness (QED) is 0.271. The molecule has 1 aromatic heterocycles. The van der Waals surface area contributed by atoms with Crippen LogP contribution in [0.5, 0.6) is 5.75 Å². The lowest BCUT2D eigenvalue weighted by Gasteiger charge is -2.31. The van der Waals surface area contributed by atoms with Gasteiger partial charge in [-0.05, 0) is 53.6 Å². The molecular weight excluding hydrogens is 596 g/mol. The first-order chi connectivity index (χ1) is 21.4. The number of carbonyl (C=O) groups is 2. The predicted molar refractivity (Wildman–Crippen MR) is 171 cm³/mol. The van der Waals surface area contributed by atoms with Crippen molar-refractivity contribution in [2.24, 2.45) is 5.92 Å².